The molecule has 0 bridgehead atoms. The molecule has 0 fully saturated rings. The summed E-state index contributed by atoms with van der Waals surface area (Å²) in [6.45, 7) is -0.541. The number of nitrogens with one attached hydrogen (secondary N) is 1. The predicted octanol–water partition coefficient (Wildman–Crippen LogP) is 2.78. The molecule has 5 nitrogen and oxygen atoms in total. The Bertz CT molecular complexity index is 879. The molecule has 0 spiro atoms. The minimum Gasteiger partial charge on any atom is -0.484 e. The Morgan fingerprint density at radius 3 is 2.12 bits per heavy atom. The molecule has 26 heavy (non-hydrogen) atoms. The van der Waals surface area contributed by atoms with E-state index in [4.69, 9.17) is 10.00 Å². The molecule has 0 unspecified atom stereocenters. The number of rotatable bonds is 5. The maximum absolute atomic E-state index is 13.4. The van der Waals surface area contributed by atoms with Gasteiger partial charge in [-0.05, 0) is 24.3 Å². The van der Waals surface area contributed by atoms with E-state index in [9.17, 15) is 26.7 Å². The highest BCUT2D eigenvalue weighted by Gasteiger charge is 2.24. The minimum absolute atomic E-state index is 0.267. The summed E-state index contributed by atoms with van der Waals surface area (Å²) < 4.78 is 70.7. The molecule has 10 heteroatoms. The first-order valence-electron chi connectivity index (χ1n) is 6.81. The number of hydrogen-bond acceptors (Lipinski definition) is 4. The minimum atomic E-state index is -2.29. The van der Waals surface area contributed by atoms with Gasteiger partial charge in [0.15, 0.2) is 29.9 Å². The van der Waals surface area contributed by atoms with Gasteiger partial charge in [0.05, 0.1) is 23.4 Å². The molecule has 2 rings (SSSR count). The Morgan fingerprint density at radius 1 is 1.04 bits per heavy atom. The second-order valence-electron chi connectivity index (χ2n) is 4.70. The Kier molecular flexibility index (Phi) is 5.85. The number of carbonyl (C=O) groups is 1. The van der Waals surface area contributed by atoms with Crippen LogP contribution in [0.5, 0.6) is 5.75 Å². The first-order valence-corrected chi connectivity index (χ1v) is 6.81. The standard InChI is InChI=1S/C16H8F5N3O2/c17-12-10(13(18)15(20)16(21)14(12)19)6-23-24-11(25)7-26-9-3-1-8(5-22)2-4-9/h1-4,6H,7H2,(H,24,25)/b23-6-. The zero-order valence-electron chi connectivity index (χ0n) is 12.7. The van der Waals surface area contributed by atoms with Crippen molar-refractivity contribution in [1.29, 1.82) is 5.26 Å². The number of ether oxygens (including phenoxy) is 1. The zero-order chi connectivity index (χ0) is 19.3. The molecule has 0 radical (unpaired) electrons. The smallest absolute Gasteiger partial charge is 0.277 e. The summed E-state index contributed by atoms with van der Waals surface area (Å²) >= 11 is 0. The second-order valence-corrected chi connectivity index (χ2v) is 4.70. The van der Waals surface area contributed by atoms with Gasteiger partial charge in [-0.25, -0.2) is 27.4 Å². The number of nitrogens with zero attached hydrogens (tertiary/aromatic N) is 2. The van der Waals surface area contributed by atoms with E-state index in [1.54, 1.807) is 0 Å². The van der Waals surface area contributed by atoms with Crippen LogP contribution < -0.4 is 10.2 Å². The third kappa shape index (κ3) is 4.13. The molecule has 0 heterocycles. The van der Waals surface area contributed by atoms with Crippen molar-refractivity contribution < 1.29 is 31.5 Å². The number of hydrazone groups is 1. The maximum Gasteiger partial charge on any atom is 0.277 e. The monoisotopic (exact) mass is 369 g/mol. The molecule has 2 aromatic carbocycles. The number of amides is 1. The van der Waals surface area contributed by atoms with Gasteiger partial charge >= 0.3 is 0 Å². The highest BCUT2D eigenvalue weighted by atomic mass is 19.2. The Labute approximate surface area is 143 Å². The summed E-state index contributed by atoms with van der Waals surface area (Å²) in [5.74, 6) is -11.3. The van der Waals surface area contributed by atoms with E-state index in [1.807, 2.05) is 11.5 Å². The van der Waals surface area contributed by atoms with Gasteiger partial charge in [0.2, 0.25) is 5.82 Å². The molecule has 134 valence electrons. The number of benzene rings is 2. The molecular weight excluding hydrogens is 361 g/mol. The Morgan fingerprint density at radius 2 is 1.58 bits per heavy atom. The van der Waals surface area contributed by atoms with Crippen LogP contribution in [0.3, 0.4) is 0 Å². The van der Waals surface area contributed by atoms with Crippen molar-refractivity contribution in [2.45, 2.75) is 0 Å². The number of nitriles is 1. The largest absolute Gasteiger partial charge is 0.484 e. The maximum atomic E-state index is 13.4. The van der Waals surface area contributed by atoms with Crippen LogP contribution >= 0.6 is 0 Å². The van der Waals surface area contributed by atoms with Crippen LogP contribution in [0.2, 0.25) is 0 Å². The van der Waals surface area contributed by atoms with Crippen molar-refractivity contribution in [3.63, 3.8) is 0 Å². The summed E-state index contributed by atoms with van der Waals surface area (Å²) in [7, 11) is 0. The fourth-order valence-electron chi connectivity index (χ4n) is 1.71. The molecule has 2 aromatic rings. The van der Waals surface area contributed by atoms with E-state index in [1.165, 1.54) is 24.3 Å². The molecule has 0 aliphatic heterocycles. The van der Waals surface area contributed by atoms with Crippen LogP contribution in [-0.4, -0.2) is 18.7 Å². The average molecular weight is 369 g/mol. The van der Waals surface area contributed by atoms with E-state index in [-0.39, 0.29) is 12.0 Å². The van der Waals surface area contributed by atoms with Gasteiger partial charge in [-0.3, -0.25) is 4.79 Å². The normalized spacial score (nSPS) is 10.6. The highest BCUT2D eigenvalue weighted by Crippen LogP contribution is 2.21. The van der Waals surface area contributed by atoms with Crippen LogP contribution in [-0.2, 0) is 4.79 Å². The molecule has 0 atom stereocenters. The van der Waals surface area contributed by atoms with E-state index in [0.29, 0.717) is 5.56 Å². The van der Waals surface area contributed by atoms with Crippen molar-refractivity contribution in [2.24, 2.45) is 5.10 Å². The summed E-state index contributed by atoms with van der Waals surface area (Å²) in [5, 5.41) is 11.8. The van der Waals surface area contributed by atoms with E-state index >= 15 is 0 Å². The topological polar surface area (TPSA) is 74.5 Å². The Balaban J connectivity index is 1.98. The van der Waals surface area contributed by atoms with Gasteiger partial charge in [-0.2, -0.15) is 10.4 Å². The fraction of sp³-hybridized carbons (Fsp3) is 0.0625. The van der Waals surface area contributed by atoms with Crippen molar-refractivity contribution in [3.8, 4) is 11.8 Å². The lowest BCUT2D eigenvalue weighted by atomic mass is 10.2. The van der Waals surface area contributed by atoms with Crippen LogP contribution in [0.1, 0.15) is 11.1 Å². The van der Waals surface area contributed by atoms with E-state index in [2.05, 4.69) is 5.10 Å². The molecule has 0 saturated carbocycles. The van der Waals surface area contributed by atoms with Crippen LogP contribution in [0.4, 0.5) is 22.0 Å². The Hall–Kier alpha value is -3.48. The van der Waals surface area contributed by atoms with Gasteiger partial charge in [-0.15, -0.1) is 0 Å². The van der Waals surface area contributed by atoms with Crippen LogP contribution in [0.15, 0.2) is 29.4 Å². The SMILES string of the molecule is N#Cc1ccc(OCC(=O)N/N=C\c2c(F)c(F)c(F)c(F)c2F)cc1. The molecule has 1 N–H and O–H groups in total. The van der Waals surface area contributed by atoms with Gasteiger partial charge < -0.3 is 4.74 Å². The van der Waals surface area contributed by atoms with Crippen molar-refractivity contribution in [1.82, 2.24) is 5.43 Å². The molecule has 1 amide bonds. The first kappa shape index (κ1) is 18.9. The van der Waals surface area contributed by atoms with Crippen molar-refractivity contribution in [2.75, 3.05) is 6.61 Å². The van der Waals surface area contributed by atoms with E-state index < -0.39 is 47.2 Å². The molecule has 0 aromatic heterocycles. The van der Waals surface area contributed by atoms with Crippen molar-refractivity contribution >= 4 is 12.1 Å². The third-order valence-electron chi connectivity index (χ3n) is 2.98. The summed E-state index contributed by atoms with van der Waals surface area (Å²) in [6.07, 6.45) is 0.288. The quantitative estimate of drug-likeness (QED) is 0.290. The van der Waals surface area contributed by atoms with Gasteiger partial charge in [-0.1, -0.05) is 0 Å². The summed E-state index contributed by atoms with van der Waals surface area (Å²) in [4.78, 5) is 11.5. The second kappa shape index (κ2) is 8.06. The molecule has 0 saturated heterocycles. The number of carbonyl (C=O) groups excluding carboxylic acids is 1. The fourth-order valence-corrected chi connectivity index (χ4v) is 1.71. The zero-order valence-corrected chi connectivity index (χ0v) is 12.7. The predicted molar refractivity (Wildman–Crippen MR) is 78.6 cm³/mol. The van der Waals surface area contributed by atoms with Gasteiger partial charge in [0.25, 0.3) is 5.91 Å². The lowest BCUT2D eigenvalue weighted by Crippen LogP contribution is -2.24. The lowest BCUT2D eigenvalue weighted by molar-refractivity contribution is -0.123. The molecule has 0 aliphatic carbocycles. The number of halogens is 5. The van der Waals surface area contributed by atoms with Gasteiger partial charge in [0, 0.05) is 0 Å². The summed E-state index contributed by atoms with van der Waals surface area (Å²) in [5.41, 5.74) is 0.900. The lowest BCUT2D eigenvalue weighted by Gasteiger charge is -2.05. The molecular formula is C16H8F5N3O2. The van der Waals surface area contributed by atoms with Crippen molar-refractivity contribution in [3.05, 3.63) is 64.5 Å². The molecule has 0 aliphatic rings. The van der Waals surface area contributed by atoms with Crippen LogP contribution in [0.25, 0.3) is 0 Å². The average Bonchev–Trinajstić information content (AvgIpc) is 2.66. The van der Waals surface area contributed by atoms with Gasteiger partial charge in [0.1, 0.15) is 5.75 Å². The highest BCUT2D eigenvalue weighted by molar-refractivity contribution is 5.83. The number of hydrogen-bond donors (Lipinski definition) is 1. The third-order valence-corrected chi connectivity index (χ3v) is 2.98. The van der Waals surface area contributed by atoms with E-state index in [0.717, 1.165) is 0 Å². The van der Waals surface area contributed by atoms with Crippen LogP contribution in [0, 0.1) is 40.4 Å². The summed E-state index contributed by atoms with van der Waals surface area (Å²) in [6, 6.07) is 7.67. The first-order chi connectivity index (χ1) is 12.3.